The first kappa shape index (κ1) is 19.6. The van der Waals surface area contributed by atoms with Crippen molar-refractivity contribution in [1.29, 1.82) is 5.26 Å². The van der Waals surface area contributed by atoms with Gasteiger partial charge >= 0.3 is 0 Å². The lowest BCUT2D eigenvalue weighted by molar-refractivity contribution is 0.207. The number of benzene rings is 1. The molecule has 0 amide bonds. The Bertz CT molecular complexity index is 1330. The van der Waals surface area contributed by atoms with Crippen LogP contribution in [-0.4, -0.2) is 43.2 Å². The highest BCUT2D eigenvalue weighted by molar-refractivity contribution is 7.17. The molecule has 1 N–H and O–H groups in total. The summed E-state index contributed by atoms with van der Waals surface area (Å²) >= 11 is 1.35. The van der Waals surface area contributed by atoms with E-state index in [-0.39, 0.29) is 17.7 Å². The number of halogens is 2. The molecule has 2 atom stereocenters. The zero-order valence-corrected chi connectivity index (χ0v) is 18.2. The van der Waals surface area contributed by atoms with Crippen molar-refractivity contribution < 1.29 is 13.5 Å². The van der Waals surface area contributed by atoms with Crippen molar-refractivity contribution in [2.45, 2.75) is 19.4 Å². The largest absolute Gasteiger partial charge is 0.372 e. The van der Waals surface area contributed by atoms with Crippen LogP contribution in [0.15, 0.2) is 51.3 Å². The number of nitrogens with one attached hydrogen (secondary N) is 1. The van der Waals surface area contributed by atoms with E-state index in [2.05, 4.69) is 23.2 Å². The van der Waals surface area contributed by atoms with E-state index in [9.17, 15) is 5.26 Å². The molecule has 32 heavy (non-hydrogen) atoms. The van der Waals surface area contributed by atoms with E-state index in [1.165, 1.54) is 17.4 Å². The maximum Gasteiger partial charge on any atom is 0.199 e. The van der Waals surface area contributed by atoms with E-state index in [1.807, 2.05) is 6.20 Å². The number of nitriles is 1. The van der Waals surface area contributed by atoms with E-state index in [4.69, 9.17) is 9.73 Å². The van der Waals surface area contributed by atoms with Crippen molar-refractivity contribution in [2.75, 3.05) is 26.3 Å². The number of nitrogens with zero attached hydrogens (tertiary/aromatic N) is 3. The Kier molecular flexibility index (Phi) is 4.46. The molecular weight excluding hydrogens is 430 g/mol. The summed E-state index contributed by atoms with van der Waals surface area (Å²) in [7, 11) is 0. The van der Waals surface area contributed by atoms with Gasteiger partial charge in [-0.3, -0.25) is 0 Å². The van der Waals surface area contributed by atoms with Crippen LogP contribution in [0.4, 0.5) is 8.78 Å². The molecule has 1 saturated heterocycles. The van der Waals surface area contributed by atoms with Crippen LogP contribution in [-0.2, 0) is 4.74 Å². The number of hydrogen-bond acceptors (Lipinski definition) is 6. The number of ether oxygens (including phenoxy) is 1. The minimum atomic E-state index is -0.851. The minimum Gasteiger partial charge on any atom is -0.372 e. The summed E-state index contributed by atoms with van der Waals surface area (Å²) < 4.78 is 38.0. The van der Waals surface area contributed by atoms with Gasteiger partial charge in [0.25, 0.3) is 0 Å². The van der Waals surface area contributed by atoms with Crippen molar-refractivity contribution in [3.63, 3.8) is 0 Å². The van der Waals surface area contributed by atoms with Gasteiger partial charge in [0, 0.05) is 51.5 Å². The average Bonchev–Trinajstić information content (AvgIpc) is 3.54. The third kappa shape index (κ3) is 2.78. The number of hydrogen-bond donors (Lipinski definition) is 1. The molecule has 0 saturated carbocycles. The molecule has 4 aliphatic rings. The molecule has 162 valence electrons. The Labute approximate surface area is 188 Å². The smallest absolute Gasteiger partial charge is 0.199 e. The number of likely N-dealkylation sites (tertiary alicyclic amines) is 1. The van der Waals surface area contributed by atoms with Gasteiger partial charge in [0.05, 0.1) is 18.8 Å². The number of thiophene rings is 1. The van der Waals surface area contributed by atoms with Gasteiger partial charge in [0.15, 0.2) is 5.96 Å². The highest BCUT2D eigenvalue weighted by Crippen LogP contribution is 2.48. The quantitative estimate of drug-likeness (QED) is 0.696. The van der Waals surface area contributed by atoms with Crippen LogP contribution in [0.1, 0.15) is 24.5 Å². The molecule has 1 aromatic heterocycles. The molecule has 4 heterocycles. The average molecular weight is 451 g/mol. The topological polar surface area (TPSA) is 60.6 Å². The molecule has 1 fully saturated rings. The van der Waals surface area contributed by atoms with E-state index >= 15 is 8.78 Å². The fourth-order valence-electron chi connectivity index (χ4n) is 5.09. The minimum absolute atomic E-state index is 0.139. The summed E-state index contributed by atoms with van der Waals surface area (Å²) in [6.07, 6.45) is 2.88. The van der Waals surface area contributed by atoms with E-state index in [0.717, 1.165) is 35.4 Å². The third-order valence-corrected chi connectivity index (χ3v) is 7.62. The second-order valence-corrected chi connectivity index (χ2v) is 9.58. The predicted octanol–water partition coefficient (Wildman–Crippen LogP) is 4.49. The molecule has 8 heteroatoms. The molecular formula is C24H20F2N4OS. The van der Waals surface area contributed by atoms with E-state index in [1.54, 1.807) is 11.4 Å². The molecule has 0 spiro atoms. The summed E-state index contributed by atoms with van der Waals surface area (Å²) in [5, 5.41) is 15.0. The van der Waals surface area contributed by atoms with Gasteiger partial charge in [0.1, 0.15) is 23.8 Å². The first-order valence-electron chi connectivity index (χ1n) is 10.7. The van der Waals surface area contributed by atoms with Crippen LogP contribution >= 0.6 is 11.3 Å². The highest BCUT2D eigenvalue weighted by atomic mass is 32.1. The van der Waals surface area contributed by atoms with Gasteiger partial charge in [-0.2, -0.15) is 5.26 Å². The standard InChI is InChI=1S/C24H20F2N4OS/c1-12-4-5-30(8-12)24-28-7-14-15-9-31-10-16(15)20(22(26)23(14)29-24)21-17(25)2-3-18-19(21)13(6-27)11-32-18/h2-3,7,11-12,23H,4-5,8-10H2,1H3,(H,28,29). The number of fused-ring (bicyclic) bond motifs is 3. The highest BCUT2D eigenvalue weighted by Gasteiger charge is 2.40. The molecule has 3 aliphatic heterocycles. The van der Waals surface area contributed by atoms with Crippen molar-refractivity contribution in [3.8, 4) is 6.07 Å². The summed E-state index contributed by atoms with van der Waals surface area (Å²) in [5.41, 5.74) is 2.90. The van der Waals surface area contributed by atoms with Crippen molar-refractivity contribution >= 4 is 33.0 Å². The van der Waals surface area contributed by atoms with Gasteiger partial charge < -0.3 is 15.0 Å². The monoisotopic (exact) mass is 450 g/mol. The molecule has 6 rings (SSSR count). The van der Waals surface area contributed by atoms with Crippen molar-refractivity contribution in [3.05, 3.63) is 63.2 Å². The van der Waals surface area contributed by atoms with Crippen LogP contribution in [0, 0.1) is 23.1 Å². The SMILES string of the molecule is CC1CCN(C2=NC3C(=CN2)C2=C(COC2)C(c2c(F)ccc4scc(C#N)c24)=C3F)C1. The van der Waals surface area contributed by atoms with Gasteiger partial charge in [-0.1, -0.05) is 6.92 Å². The van der Waals surface area contributed by atoms with Crippen LogP contribution in [0.25, 0.3) is 15.7 Å². The lowest BCUT2D eigenvalue weighted by Gasteiger charge is -2.32. The fourth-order valence-corrected chi connectivity index (χ4v) is 5.98. The van der Waals surface area contributed by atoms with Crippen molar-refractivity contribution in [2.24, 2.45) is 10.9 Å². The first-order chi connectivity index (χ1) is 15.6. The lowest BCUT2D eigenvalue weighted by atomic mass is 9.81. The van der Waals surface area contributed by atoms with E-state index < -0.39 is 17.7 Å². The molecule has 2 aromatic rings. The number of rotatable bonds is 1. The van der Waals surface area contributed by atoms with Gasteiger partial charge in [-0.05, 0) is 35.6 Å². The zero-order valence-electron chi connectivity index (χ0n) is 17.4. The Morgan fingerprint density at radius 2 is 2.12 bits per heavy atom. The summed E-state index contributed by atoms with van der Waals surface area (Å²) in [6, 6.07) is 4.27. The van der Waals surface area contributed by atoms with E-state index in [0.29, 0.717) is 35.0 Å². The number of guanidine groups is 1. The van der Waals surface area contributed by atoms with Crippen molar-refractivity contribution in [1.82, 2.24) is 10.2 Å². The van der Waals surface area contributed by atoms with Gasteiger partial charge in [0.2, 0.25) is 0 Å². The zero-order chi connectivity index (χ0) is 22.0. The Hall–Kier alpha value is -3.02. The molecule has 1 aromatic carbocycles. The Morgan fingerprint density at radius 1 is 1.28 bits per heavy atom. The van der Waals surface area contributed by atoms with Crippen LogP contribution < -0.4 is 5.32 Å². The molecule has 5 nitrogen and oxygen atoms in total. The first-order valence-corrected chi connectivity index (χ1v) is 11.5. The Morgan fingerprint density at radius 3 is 2.91 bits per heavy atom. The normalized spacial score (nSPS) is 24.9. The third-order valence-electron chi connectivity index (χ3n) is 6.67. The maximum atomic E-state index is 16.2. The molecule has 2 unspecified atom stereocenters. The van der Waals surface area contributed by atoms with Gasteiger partial charge in [-0.25, -0.2) is 13.8 Å². The van der Waals surface area contributed by atoms with Crippen LogP contribution in [0.3, 0.4) is 0 Å². The van der Waals surface area contributed by atoms with Gasteiger partial charge in [-0.15, -0.1) is 11.3 Å². The summed E-state index contributed by atoms with van der Waals surface area (Å²) in [4.78, 5) is 6.87. The molecule has 0 bridgehead atoms. The summed E-state index contributed by atoms with van der Waals surface area (Å²) in [6.45, 7) is 4.45. The van der Waals surface area contributed by atoms with Crippen LogP contribution in [0.2, 0.25) is 0 Å². The lowest BCUT2D eigenvalue weighted by Crippen LogP contribution is -2.42. The molecule has 0 radical (unpaired) electrons. The van der Waals surface area contributed by atoms with Crippen LogP contribution in [0.5, 0.6) is 0 Å². The Balaban J connectivity index is 1.56. The fraction of sp³-hybridized carbons (Fsp3) is 0.333. The summed E-state index contributed by atoms with van der Waals surface area (Å²) in [5.74, 6) is 0.162. The predicted molar refractivity (Wildman–Crippen MR) is 120 cm³/mol. The second-order valence-electron chi connectivity index (χ2n) is 8.67. The number of aliphatic imine (C=N–C) groups is 1. The molecule has 1 aliphatic carbocycles. The second kappa shape index (κ2) is 7.26. The maximum absolute atomic E-state index is 16.2.